The Morgan fingerprint density at radius 2 is 1.96 bits per heavy atom. The van der Waals surface area contributed by atoms with Gasteiger partial charge in [-0.15, -0.1) is 11.3 Å². The quantitative estimate of drug-likeness (QED) is 0.506. The molecule has 0 unspecified atom stereocenters. The van der Waals surface area contributed by atoms with Crippen LogP contribution in [0.15, 0.2) is 45.4 Å². The molecule has 0 atom stereocenters. The molecule has 0 aliphatic rings. The number of hydrogen-bond donors (Lipinski definition) is 2. The number of rotatable bonds is 6. The number of benzene rings is 1. The van der Waals surface area contributed by atoms with Crippen LogP contribution in [0, 0.1) is 0 Å². The highest BCUT2D eigenvalue weighted by Crippen LogP contribution is 2.29. The van der Waals surface area contributed by atoms with E-state index in [1.54, 1.807) is 25.6 Å². The zero-order valence-corrected chi connectivity index (χ0v) is 15.5. The van der Waals surface area contributed by atoms with Gasteiger partial charge in [0.15, 0.2) is 11.1 Å². The molecule has 3 aromatic rings. The van der Waals surface area contributed by atoms with Crippen LogP contribution >= 0.6 is 22.7 Å². The smallest absolute Gasteiger partial charge is 0.195 e. The minimum Gasteiger partial charge on any atom is -0.496 e. The Balaban J connectivity index is 1.71. The predicted octanol–water partition coefficient (Wildman–Crippen LogP) is 3.82. The van der Waals surface area contributed by atoms with Gasteiger partial charge < -0.3 is 20.5 Å². The van der Waals surface area contributed by atoms with Crippen molar-refractivity contribution in [3.05, 3.63) is 46.0 Å². The highest BCUT2D eigenvalue weighted by Gasteiger charge is 2.10. The summed E-state index contributed by atoms with van der Waals surface area (Å²) >= 11 is 3.13. The molecule has 3 rings (SSSR count). The molecule has 0 aliphatic heterocycles. The number of nitrogens with one attached hydrogen (secondary N) is 1. The van der Waals surface area contributed by atoms with E-state index >= 15 is 0 Å². The number of methoxy groups -OCH3 is 2. The number of thiazole rings is 1. The maximum Gasteiger partial charge on any atom is 0.195 e. The van der Waals surface area contributed by atoms with Crippen molar-refractivity contribution in [3.8, 4) is 22.8 Å². The van der Waals surface area contributed by atoms with Gasteiger partial charge in [-0.2, -0.15) is 11.3 Å². The van der Waals surface area contributed by atoms with Gasteiger partial charge in [-0.25, -0.2) is 9.98 Å². The maximum atomic E-state index is 5.99. The minimum absolute atomic E-state index is 0.291. The lowest BCUT2D eigenvalue weighted by atomic mass is 10.2. The van der Waals surface area contributed by atoms with Crippen molar-refractivity contribution in [1.29, 1.82) is 0 Å². The van der Waals surface area contributed by atoms with Crippen LogP contribution in [0.3, 0.4) is 0 Å². The van der Waals surface area contributed by atoms with Crippen molar-refractivity contribution >= 4 is 33.8 Å². The SMILES string of the molecule is COc1cccc(OC)c1CN=C(N)Nc1nc(-c2ccsc2)cs1. The molecule has 0 amide bonds. The normalized spacial score (nSPS) is 11.4. The largest absolute Gasteiger partial charge is 0.496 e. The van der Waals surface area contributed by atoms with Gasteiger partial charge >= 0.3 is 0 Å². The van der Waals surface area contributed by atoms with Crippen LogP contribution in [0.2, 0.25) is 0 Å². The lowest BCUT2D eigenvalue weighted by Gasteiger charge is -2.11. The van der Waals surface area contributed by atoms with Crippen LogP contribution in [-0.4, -0.2) is 25.2 Å². The molecule has 0 bridgehead atoms. The summed E-state index contributed by atoms with van der Waals surface area (Å²) in [5.74, 6) is 1.72. The Morgan fingerprint density at radius 1 is 1.20 bits per heavy atom. The van der Waals surface area contributed by atoms with E-state index in [0.29, 0.717) is 29.1 Å². The first-order valence-corrected chi connectivity index (χ1v) is 9.28. The molecule has 6 nitrogen and oxygen atoms in total. The third-order valence-electron chi connectivity index (χ3n) is 3.49. The van der Waals surface area contributed by atoms with Crippen LogP contribution in [0.25, 0.3) is 11.3 Å². The number of nitrogens with two attached hydrogens (primary N) is 1. The van der Waals surface area contributed by atoms with E-state index in [4.69, 9.17) is 15.2 Å². The summed E-state index contributed by atoms with van der Waals surface area (Å²) in [6.07, 6.45) is 0. The Morgan fingerprint density at radius 3 is 2.60 bits per heavy atom. The highest BCUT2D eigenvalue weighted by molar-refractivity contribution is 7.14. The molecule has 8 heteroatoms. The molecular formula is C17H18N4O2S2. The number of aromatic nitrogens is 1. The number of hydrogen-bond acceptors (Lipinski definition) is 6. The van der Waals surface area contributed by atoms with Crippen LogP contribution in [0.4, 0.5) is 5.13 Å². The molecule has 0 fully saturated rings. The number of anilines is 1. The van der Waals surface area contributed by atoms with Gasteiger partial charge in [0.05, 0.1) is 32.0 Å². The number of guanidine groups is 1. The van der Waals surface area contributed by atoms with Crippen molar-refractivity contribution in [1.82, 2.24) is 4.98 Å². The summed E-state index contributed by atoms with van der Waals surface area (Å²) < 4.78 is 10.7. The molecule has 0 aliphatic carbocycles. The molecule has 1 aromatic carbocycles. The van der Waals surface area contributed by atoms with Crippen molar-refractivity contribution in [3.63, 3.8) is 0 Å². The van der Waals surface area contributed by atoms with Crippen molar-refractivity contribution in [2.24, 2.45) is 10.7 Å². The Kier molecular flexibility index (Phi) is 5.52. The number of nitrogens with zero attached hydrogens (tertiary/aromatic N) is 2. The van der Waals surface area contributed by atoms with Gasteiger partial charge in [-0.1, -0.05) is 6.07 Å². The van der Waals surface area contributed by atoms with Gasteiger partial charge in [-0.3, -0.25) is 0 Å². The fraction of sp³-hybridized carbons (Fsp3) is 0.176. The monoisotopic (exact) mass is 374 g/mol. The number of ether oxygens (including phenoxy) is 2. The second kappa shape index (κ2) is 8.00. The minimum atomic E-state index is 0.291. The third-order valence-corrected chi connectivity index (χ3v) is 4.93. The standard InChI is InChI=1S/C17H18N4O2S2/c1-22-14-4-3-5-15(23-2)12(14)8-19-16(18)21-17-20-13(10-25-17)11-6-7-24-9-11/h3-7,9-10H,8H2,1-2H3,(H3,18,19,20,21). The lowest BCUT2D eigenvalue weighted by Crippen LogP contribution is -2.22. The van der Waals surface area contributed by atoms with Crippen LogP contribution in [-0.2, 0) is 6.54 Å². The van der Waals surface area contributed by atoms with Crippen LogP contribution in [0.5, 0.6) is 11.5 Å². The average molecular weight is 374 g/mol. The highest BCUT2D eigenvalue weighted by atomic mass is 32.1. The third kappa shape index (κ3) is 4.09. The first kappa shape index (κ1) is 17.2. The summed E-state index contributed by atoms with van der Waals surface area (Å²) in [6.45, 7) is 0.342. The number of aliphatic imine (C=N–C) groups is 1. The molecular weight excluding hydrogens is 356 g/mol. The van der Waals surface area contributed by atoms with Gasteiger partial charge in [0.2, 0.25) is 0 Å². The lowest BCUT2D eigenvalue weighted by molar-refractivity contribution is 0.385. The molecule has 0 radical (unpaired) electrons. The van der Waals surface area contributed by atoms with E-state index in [0.717, 1.165) is 16.8 Å². The summed E-state index contributed by atoms with van der Waals surface area (Å²) in [5.41, 5.74) is 8.86. The zero-order chi connectivity index (χ0) is 17.6. The average Bonchev–Trinajstić information content (AvgIpc) is 3.31. The summed E-state index contributed by atoms with van der Waals surface area (Å²) in [5, 5.41) is 9.80. The Hall–Kier alpha value is -2.58. The van der Waals surface area contributed by atoms with E-state index in [1.165, 1.54) is 11.3 Å². The van der Waals surface area contributed by atoms with Gasteiger partial charge in [-0.05, 0) is 23.6 Å². The van der Waals surface area contributed by atoms with Gasteiger partial charge in [0.1, 0.15) is 11.5 Å². The number of thiophene rings is 1. The van der Waals surface area contributed by atoms with Crippen molar-refractivity contribution < 1.29 is 9.47 Å². The van der Waals surface area contributed by atoms with Crippen LogP contribution < -0.4 is 20.5 Å². The molecule has 3 N–H and O–H groups in total. The fourth-order valence-corrected chi connectivity index (χ4v) is 3.65. The summed E-state index contributed by atoms with van der Waals surface area (Å²) in [7, 11) is 3.23. The summed E-state index contributed by atoms with van der Waals surface area (Å²) in [6, 6.07) is 7.64. The first-order chi connectivity index (χ1) is 12.2. The molecule has 130 valence electrons. The van der Waals surface area contributed by atoms with Gasteiger partial charge in [0.25, 0.3) is 0 Å². The van der Waals surface area contributed by atoms with Crippen LogP contribution in [0.1, 0.15) is 5.56 Å². The van der Waals surface area contributed by atoms with Gasteiger partial charge in [0, 0.05) is 16.3 Å². The predicted molar refractivity (Wildman–Crippen MR) is 104 cm³/mol. The molecule has 25 heavy (non-hydrogen) atoms. The summed E-state index contributed by atoms with van der Waals surface area (Å²) in [4.78, 5) is 8.89. The zero-order valence-electron chi connectivity index (χ0n) is 13.9. The Labute approximate surface area is 154 Å². The van der Waals surface area contributed by atoms with E-state index < -0.39 is 0 Å². The molecule has 0 saturated carbocycles. The maximum absolute atomic E-state index is 5.99. The molecule has 2 heterocycles. The molecule has 0 saturated heterocycles. The van der Waals surface area contributed by atoms with E-state index in [9.17, 15) is 0 Å². The molecule has 0 spiro atoms. The topological polar surface area (TPSA) is 81.8 Å². The van der Waals surface area contributed by atoms with Crippen molar-refractivity contribution in [2.75, 3.05) is 19.5 Å². The van der Waals surface area contributed by atoms with E-state index in [2.05, 4.69) is 20.7 Å². The van der Waals surface area contributed by atoms with Crippen molar-refractivity contribution in [2.45, 2.75) is 6.54 Å². The first-order valence-electron chi connectivity index (χ1n) is 7.46. The molecule has 2 aromatic heterocycles. The Bertz CT molecular complexity index is 837. The second-order valence-electron chi connectivity index (χ2n) is 5.02. The second-order valence-corrected chi connectivity index (χ2v) is 6.66. The fourth-order valence-electron chi connectivity index (χ4n) is 2.27. The van der Waals surface area contributed by atoms with E-state index in [-0.39, 0.29) is 0 Å². The van der Waals surface area contributed by atoms with E-state index in [1.807, 2.05) is 35.0 Å².